The van der Waals surface area contributed by atoms with Crippen LogP contribution >= 0.6 is 0 Å². The van der Waals surface area contributed by atoms with Gasteiger partial charge in [-0.1, -0.05) is 36.9 Å². The van der Waals surface area contributed by atoms with Crippen molar-refractivity contribution in [2.24, 2.45) is 0 Å². The van der Waals surface area contributed by atoms with Crippen LogP contribution in [0.5, 0.6) is 0 Å². The van der Waals surface area contributed by atoms with Gasteiger partial charge in [0.2, 0.25) is 0 Å². The molecular formula is C14H16O2. The van der Waals surface area contributed by atoms with Crippen molar-refractivity contribution in [3.8, 4) is 0 Å². The highest BCUT2D eigenvalue weighted by Gasteiger charge is 2.13. The minimum atomic E-state index is -0.0688. The number of Topliss-reactive ketones (excluding diaryl/α,β-unsaturated/α-hetero) is 1. The molecule has 1 aromatic carbocycles. The van der Waals surface area contributed by atoms with Crippen molar-refractivity contribution in [1.82, 2.24) is 0 Å². The van der Waals surface area contributed by atoms with Crippen LogP contribution in [-0.4, -0.2) is 12.9 Å². The second-order valence-electron chi connectivity index (χ2n) is 3.63. The summed E-state index contributed by atoms with van der Waals surface area (Å²) in [6.45, 7) is 7.10. The summed E-state index contributed by atoms with van der Waals surface area (Å²) in [7, 11) is 1.57. The van der Waals surface area contributed by atoms with Gasteiger partial charge >= 0.3 is 0 Å². The largest absolute Gasteiger partial charge is 0.496 e. The van der Waals surface area contributed by atoms with Gasteiger partial charge in [0.25, 0.3) is 0 Å². The van der Waals surface area contributed by atoms with Crippen LogP contribution in [-0.2, 0) is 9.53 Å². The molecule has 0 N–H and O–H groups in total. The van der Waals surface area contributed by atoms with E-state index >= 15 is 0 Å². The third kappa shape index (κ3) is 2.60. The van der Waals surface area contributed by atoms with Crippen LogP contribution in [0.4, 0.5) is 0 Å². The van der Waals surface area contributed by atoms with Crippen molar-refractivity contribution < 1.29 is 9.53 Å². The fourth-order valence-corrected chi connectivity index (χ4v) is 1.50. The number of carbonyl (C=O) groups is 1. The van der Waals surface area contributed by atoms with E-state index in [0.717, 1.165) is 5.56 Å². The SMILES string of the molecule is C=C(C)C(=O)/C(C)=C(/OC)c1ccccc1. The fraction of sp³-hybridized carbons (Fsp3) is 0.214. The van der Waals surface area contributed by atoms with Crippen LogP contribution < -0.4 is 0 Å². The average molecular weight is 216 g/mol. The molecule has 0 aliphatic heterocycles. The Kier molecular flexibility index (Phi) is 4.06. The van der Waals surface area contributed by atoms with Gasteiger partial charge in [0.15, 0.2) is 5.78 Å². The first-order chi connectivity index (χ1) is 7.57. The van der Waals surface area contributed by atoms with Crippen LogP contribution in [0.25, 0.3) is 5.76 Å². The van der Waals surface area contributed by atoms with E-state index in [4.69, 9.17) is 4.74 Å². The van der Waals surface area contributed by atoms with Crippen LogP contribution in [0.1, 0.15) is 19.4 Å². The highest BCUT2D eigenvalue weighted by atomic mass is 16.5. The predicted octanol–water partition coefficient (Wildman–Crippen LogP) is 3.21. The Morgan fingerprint density at radius 1 is 1.19 bits per heavy atom. The molecule has 16 heavy (non-hydrogen) atoms. The van der Waals surface area contributed by atoms with Crippen molar-refractivity contribution in [1.29, 1.82) is 0 Å². The van der Waals surface area contributed by atoms with Gasteiger partial charge in [-0.05, 0) is 19.4 Å². The summed E-state index contributed by atoms with van der Waals surface area (Å²) in [4.78, 5) is 11.8. The van der Waals surface area contributed by atoms with Crippen LogP contribution in [0.15, 0.2) is 48.1 Å². The third-order valence-electron chi connectivity index (χ3n) is 2.31. The monoisotopic (exact) mass is 216 g/mol. The molecule has 0 atom stereocenters. The molecule has 0 saturated carbocycles. The average Bonchev–Trinajstić information content (AvgIpc) is 2.30. The van der Waals surface area contributed by atoms with Gasteiger partial charge in [0.1, 0.15) is 5.76 Å². The molecule has 0 spiro atoms. The number of rotatable bonds is 4. The fourth-order valence-electron chi connectivity index (χ4n) is 1.50. The number of ether oxygens (including phenoxy) is 1. The standard InChI is InChI=1S/C14H16O2/c1-10(2)13(15)11(3)14(16-4)12-8-6-5-7-9-12/h5-9H,1H2,2-4H3/b14-11+. The summed E-state index contributed by atoms with van der Waals surface area (Å²) < 4.78 is 5.29. The van der Waals surface area contributed by atoms with Crippen LogP contribution in [0, 0.1) is 0 Å². The Balaban J connectivity index is 3.20. The summed E-state index contributed by atoms with van der Waals surface area (Å²) in [5.74, 6) is 0.536. The summed E-state index contributed by atoms with van der Waals surface area (Å²) in [5.41, 5.74) is 2.00. The number of methoxy groups -OCH3 is 1. The topological polar surface area (TPSA) is 26.3 Å². The summed E-state index contributed by atoms with van der Waals surface area (Å²) in [5, 5.41) is 0. The molecule has 0 bridgehead atoms. The maximum Gasteiger partial charge on any atom is 0.187 e. The van der Waals surface area contributed by atoms with Crippen molar-refractivity contribution in [2.75, 3.05) is 7.11 Å². The number of benzene rings is 1. The van der Waals surface area contributed by atoms with Gasteiger partial charge in [-0.25, -0.2) is 0 Å². The van der Waals surface area contributed by atoms with E-state index in [1.165, 1.54) is 0 Å². The van der Waals surface area contributed by atoms with Gasteiger partial charge in [-0.3, -0.25) is 4.79 Å². The van der Waals surface area contributed by atoms with Gasteiger partial charge in [0.05, 0.1) is 7.11 Å². The van der Waals surface area contributed by atoms with Crippen molar-refractivity contribution in [3.63, 3.8) is 0 Å². The molecule has 0 amide bonds. The third-order valence-corrected chi connectivity index (χ3v) is 2.31. The Morgan fingerprint density at radius 2 is 1.75 bits per heavy atom. The molecule has 0 aliphatic rings. The molecule has 2 nitrogen and oxygen atoms in total. The lowest BCUT2D eigenvalue weighted by Gasteiger charge is -2.10. The molecule has 0 aromatic heterocycles. The van der Waals surface area contributed by atoms with Crippen molar-refractivity contribution in [3.05, 3.63) is 53.6 Å². The minimum Gasteiger partial charge on any atom is -0.496 e. The minimum absolute atomic E-state index is 0.0688. The molecule has 1 aromatic rings. The van der Waals surface area contributed by atoms with E-state index in [1.807, 2.05) is 30.3 Å². The Labute approximate surface area is 96.2 Å². The highest BCUT2D eigenvalue weighted by molar-refractivity contribution is 6.10. The predicted molar refractivity (Wildman–Crippen MR) is 65.9 cm³/mol. The zero-order valence-corrected chi connectivity index (χ0v) is 9.91. The van der Waals surface area contributed by atoms with Gasteiger partial charge in [-0.15, -0.1) is 0 Å². The zero-order valence-electron chi connectivity index (χ0n) is 9.91. The van der Waals surface area contributed by atoms with E-state index in [-0.39, 0.29) is 5.78 Å². The van der Waals surface area contributed by atoms with Crippen LogP contribution in [0.2, 0.25) is 0 Å². The first kappa shape index (κ1) is 12.2. The first-order valence-corrected chi connectivity index (χ1v) is 5.08. The summed E-state index contributed by atoms with van der Waals surface area (Å²) in [6, 6.07) is 9.56. The Bertz CT molecular complexity index is 427. The smallest absolute Gasteiger partial charge is 0.187 e. The lowest BCUT2D eigenvalue weighted by atomic mass is 10.0. The highest BCUT2D eigenvalue weighted by Crippen LogP contribution is 2.21. The van der Waals surface area contributed by atoms with Crippen molar-refractivity contribution in [2.45, 2.75) is 13.8 Å². The molecule has 0 aliphatic carbocycles. The summed E-state index contributed by atoms with van der Waals surface area (Å²) in [6.07, 6.45) is 0. The maximum atomic E-state index is 11.8. The van der Waals surface area contributed by atoms with E-state index in [0.29, 0.717) is 16.9 Å². The molecule has 0 radical (unpaired) electrons. The second kappa shape index (κ2) is 5.31. The lowest BCUT2D eigenvalue weighted by molar-refractivity contribution is -0.112. The number of ketones is 1. The molecule has 0 heterocycles. The number of allylic oxidation sites excluding steroid dienone is 2. The summed E-state index contributed by atoms with van der Waals surface area (Å²) >= 11 is 0. The van der Waals surface area contributed by atoms with Crippen LogP contribution in [0.3, 0.4) is 0 Å². The molecule has 2 heteroatoms. The second-order valence-corrected chi connectivity index (χ2v) is 3.63. The van der Waals surface area contributed by atoms with E-state index < -0.39 is 0 Å². The van der Waals surface area contributed by atoms with E-state index in [9.17, 15) is 4.79 Å². The number of carbonyl (C=O) groups excluding carboxylic acids is 1. The Hall–Kier alpha value is -1.83. The number of hydrogen-bond acceptors (Lipinski definition) is 2. The lowest BCUT2D eigenvalue weighted by Crippen LogP contribution is -2.04. The number of hydrogen-bond donors (Lipinski definition) is 0. The normalized spacial score (nSPS) is 11.7. The Morgan fingerprint density at radius 3 is 2.19 bits per heavy atom. The van der Waals surface area contributed by atoms with E-state index in [2.05, 4.69) is 6.58 Å². The quantitative estimate of drug-likeness (QED) is 0.570. The molecular weight excluding hydrogens is 200 g/mol. The zero-order chi connectivity index (χ0) is 12.1. The van der Waals surface area contributed by atoms with E-state index in [1.54, 1.807) is 21.0 Å². The van der Waals surface area contributed by atoms with Gasteiger partial charge in [0, 0.05) is 11.1 Å². The first-order valence-electron chi connectivity index (χ1n) is 5.08. The molecule has 84 valence electrons. The molecule has 0 saturated heterocycles. The van der Waals surface area contributed by atoms with Gasteiger partial charge < -0.3 is 4.74 Å². The van der Waals surface area contributed by atoms with Crippen molar-refractivity contribution >= 4 is 11.5 Å². The maximum absolute atomic E-state index is 11.8. The molecule has 0 unspecified atom stereocenters. The molecule has 1 rings (SSSR count). The molecule has 0 fully saturated rings. The van der Waals surface area contributed by atoms with Gasteiger partial charge in [-0.2, -0.15) is 0 Å².